The Morgan fingerprint density at radius 1 is 1.03 bits per heavy atom. The highest BCUT2D eigenvalue weighted by Crippen LogP contribution is 2.37. The van der Waals surface area contributed by atoms with Crippen molar-refractivity contribution in [3.8, 4) is 5.75 Å². The molecule has 206 valence electrons. The molecule has 2 aromatic carbocycles. The Morgan fingerprint density at radius 2 is 1.72 bits per heavy atom. The molecule has 2 atom stereocenters. The summed E-state index contributed by atoms with van der Waals surface area (Å²) in [6.45, 7) is 5.21. The lowest BCUT2D eigenvalue weighted by Crippen LogP contribution is -2.50. The third kappa shape index (κ3) is 5.88. The van der Waals surface area contributed by atoms with Crippen molar-refractivity contribution < 1.29 is 14.3 Å². The number of carbonyl (C=O) groups excluding carboxylic acids is 2. The average molecular weight is 550 g/mol. The molecule has 0 spiro atoms. The van der Waals surface area contributed by atoms with Crippen molar-refractivity contribution in [1.29, 1.82) is 0 Å². The number of benzene rings is 2. The van der Waals surface area contributed by atoms with Gasteiger partial charge in [0.1, 0.15) is 5.75 Å². The maximum atomic E-state index is 13.6. The summed E-state index contributed by atoms with van der Waals surface area (Å²) in [5, 5.41) is 6.85. The molecule has 0 N–H and O–H groups in total. The molecule has 2 aliphatic heterocycles. The smallest absolute Gasteiger partial charge is 0.253 e. The first-order chi connectivity index (χ1) is 18.9. The molecular weight excluding hydrogens is 514 g/mol. The van der Waals surface area contributed by atoms with Crippen LogP contribution in [-0.2, 0) is 4.79 Å². The number of likely N-dealkylation sites (N-methyl/N-ethyl adjacent to an activating group) is 1. The zero-order valence-electron chi connectivity index (χ0n) is 22.8. The number of fused-ring (bicyclic) bond motifs is 1. The second kappa shape index (κ2) is 11.9. The lowest BCUT2D eigenvalue weighted by Gasteiger charge is -2.37. The molecule has 3 aliphatic rings. The summed E-state index contributed by atoms with van der Waals surface area (Å²) >= 11 is 6.44. The Morgan fingerprint density at radius 3 is 2.36 bits per heavy atom. The number of carbonyl (C=O) groups is 2. The summed E-state index contributed by atoms with van der Waals surface area (Å²) < 4.78 is 5.32. The molecule has 9 heteroatoms. The van der Waals surface area contributed by atoms with Gasteiger partial charge < -0.3 is 14.5 Å². The second-order valence-electron chi connectivity index (χ2n) is 10.6. The maximum absolute atomic E-state index is 13.6. The minimum atomic E-state index is -0.200. The van der Waals surface area contributed by atoms with Crippen LogP contribution in [0, 0.1) is 11.8 Å². The summed E-state index contributed by atoms with van der Waals surface area (Å²) in [6.07, 6.45) is 5.61. The van der Waals surface area contributed by atoms with Crippen LogP contribution in [0.5, 0.6) is 5.75 Å². The third-order valence-electron chi connectivity index (χ3n) is 7.85. The van der Waals surface area contributed by atoms with Crippen LogP contribution >= 0.6 is 11.6 Å². The standard InChI is InChI=1S/C30H36ClN5O3/c1-33(2)14-15-34-16-18-35(19-17-34)29(37)21-8-11-23(12-9-21)36-30(38)25-7-5-4-6-24(25)28(32-36)22-10-13-27(39-3)26(31)20-22/h4-5,8-13,20,24-25H,6-7,14-19H2,1-3H3. The van der Waals surface area contributed by atoms with E-state index in [1.54, 1.807) is 19.2 Å². The van der Waals surface area contributed by atoms with Crippen LogP contribution in [0.4, 0.5) is 5.69 Å². The number of hydrogen-bond donors (Lipinski definition) is 0. The largest absolute Gasteiger partial charge is 0.495 e. The number of nitrogens with zero attached hydrogens (tertiary/aromatic N) is 5. The molecule has 2 heterocycles. The zero-order chi connectivity index (χ0) is 27.5. The van der Waals surface area contributed by atoms with Crippen molar-refractivity contribution in [2.75, 3.05) is 65.5 Å². The molecular formula is C30H36ClN5O3. The van der Waals surface area contributed by atoms with E-state index in [1.165, 1.54) is 5.01 Å². The van der Waals surface area contributed by atoms with Crippen molar-refractivity contribution in [3.05, 3.63) is 70.8 Å². The lowest BCUT2D eigenvalue weighted by molar-refractivity contribution is -0.123. The van der Waals surface area contributed by atoms with Gasteiger partial charge in [0.15, 0.2) is 0 Å². The van der Waals surface area contributed by atoms with E-state index in [2.05, 4.69) is 36.0 Å². The van der Waals surface area contributed by atoms with Gasteiger partial charge in [-0.3, -0.25) is 14.5 Å². The van der Waals surface area contributed by atoms with Gasteiger partial charge >= 0.3 is 0 Å². The Balaban J connectivity index is 1.34. The minimum absolute atomic E-state index is 0.0135. The number of anilines is 1. The van der Waals surface area contributed by atoms with Crippen LogP contribution in [0.15, 0.2) is 59.7 Å². The van der Waals surface area contributed by atoms with Gasteiger partial charge in [0.2, 0.25) is 0 Å². The predicted molar refractivity (Wildman–Crippen MR) is 155 cm³/mol. The average Bonchev–Trinajstić information content (AvgIpc) is 2.96. The topological polar surface area (TPSA) is 68.7 Å². The van der Waals surface area contributed by atoms with E-state index in [1.807, 2.05) is 35.2 Å². The zero-order valence-corrected chi connectivity index (χ0v) is 23.6. The third-order valence-corrected chi connectivity index (χ3v) is 8.14. The quantitative estimate of drug-likeness (QED) is 0.488. The molecule has 39 heavy (non-hydrogen) atoms. The number of allylic oxidation sites excluding steroid dienone is 2. The highest BCUT2D eigenvalue weighted by molar-refractivity contribution is 6.32. The molecule has 5 rings (SSSR count). The molecule has 2 amide bonds. The number of hydrogen-bond acceptors (Lipinski definition) is 6. The second-order valence-corrected chi connectivity index (χ2v) is 11.0. The monoisotopic (exact) mass is 549 g/mol. The molecule has 2 aromatic rings. The molecule has 0 aromatic heterocycles. The van der Waals surface area contributed by atoms with Crippen molar-refractivity contribution in [2.45, 2.75) is 12.8 Å². The van der Waals surface area contributed by atoms with Gasteiger partial charge in [0.25, 0.3) is 11.8 Å². The number of ether oxygens (including phenoxy) is 1. The highest BCUT2D eigenvalue weighted by atomic mass is 35.5. The molecule has 0 radical (unpaired) electrons. The van der Waals surface area contributed by atoms with E-state index < -0.39 is 0 Å². The first kappa shape index (κ1) is 27.4. The van der Waals surface area contributed by atoms with Crippen molar-refractivity contribution >= 4 is 34.8 Å². The van der Waals surface area contributed by atoms with Gasteiger partial charge in [-0.2, -0.15) is 5.10 Å². The van der Waals surface area contributed by atoms with Crippen molar-refractivity contribution in [3.63, 3.8) is 0 Å². The highest BCUT2D eigenvalue weighted by Gasteiger charge is 2.40. The van der Waals surface area contributed by atoms with E-state index in [-0.39, 0.29) is 23.7 Å². The number of amides is 2. The summed E-state index contributed by atoms with van der Waals surface area (Å²) in [5.74, 6) is 0.378. The summed E-state index contributed by atoms with van der Waals surface area (Å²) in [5.41, 5.74) is 2.98. The Hall–Kier alpha value is -3.20. The normalized spacial score (nSPS) is 21.7. The van der Waals surface area contributed by atoms with E-state index in [9.17, 15) is 9.59 Å². The fourth-order valence-electron chi connectivity index (χ4n) is 5.50. The maximum Gasteiger partial charge on any atom is 0.253 e. The number of halogens is 1. The summed E-state index contributed by atoms with van der Waals surface area (Å²) in [6, 6.07) is 12.9. The van der Waals surface area contributed by atoms with E-state index in [0.717, 1.165) is 43.9 Å². The van der Waals surface area contributed by atoms with E-state index >= 15 is 0 Å². The first-order valence-electron chi connectivity index (χ1n) is 13.5. The molecule has 0 saturated carbocycles. The van der Waals surface area contributed by atoms with Crippen LogP contribution in [0.25, 0.3) is 0 Å². The lowest BCUT2D eigenvalue weighted by atomic mass is 9.76. The van der Waals surface area contributed by atoms with Crippen LogP contribution in [0.2, 0.25) is 5.02 Å². The number of piperazine rings is 1. The molecule has 2 unspecified atom stereocenters. The molecule has 1 saturated heterocycles. The van der Waals surface area contributed by atoms with Gasteiger partial charge in [0, 0.05) is 50.7 Å². The predicted octanol–water partition coefficient (Wildman–Crippen LogP) is 4.00. The van der Waals surface area contributed by atoms with E-state index in [0.29, 0.717) is 41.5 Å². The van der Waals surface area contributed by atoms with Crippen molar-refractivity contribution in [1.82, 2.24) is 14.7 Å². The number of methoxy groups -OCH3 is 1. The van der Waals surface area contributed by atoms with Gasteiger partial charge in [0.05, 0.1) is 29.4 Å². The Kier molecular flexibility index (Phi) is 8.35. The van der Waals surface area contributed by atoms with Crippen LogP contribution in [0.3, 0.4) is 0 Å². The van der Waals surface area contributed by atoms with Gasteiger partial charge in [-0.15, -0.1) is 0 Å². The fourth-order valence-corrected chi connectivity index (χ4v) is 5.76. The minimum Gasteiger partial charge on any atom is -0.495 e. The molecule has 1 fully saturated rings. The summed E-state index contributed by atoms with van der Waals surface area (Å²) in [7, 11) is 5.74. The number of rotatable bonds is 7. The van der Waals surface area contributed by atoms with Crippen LogP contribution in [-0.4, -0.2) is 92.7 Å². The SMILES string of the molecule is COc1ccc(C2=NN(c3ccc(C(=O)N4CCN(CCN(C)C)CC4)cc3)C(=O)C3CC=CCC23)cc1Cl. The van der Waals surface area contributed by atoms with Crippen LogP contribution < -0.4 is 9.75 Å². The first-order valence-corrected chi connectivity index (χ1v) is 13.9. The van der Waals surface area contributed by atoms with Crippen molar-refractivity contribution in [2.24, 2.45) is 16.9 Å². The Bertz CT molecular complexity index is 1270. The van der Waals surface area contributed by atoms with Gasteiger partial charge in [-0.05, 0) is 75.0 Å². The summed E-state index contributed by atoms with van der Waals surface area (Å²) in [4.78, 5) is 33.2. The number of hydrazone groups is 1. The molecule has 1 aliphatic carbocycles. The van der Waals surface area contributed by atoms with E-state index in [4.69, 9.17) is 21.4 Å². The molecule has 8 nitrogen and oxygen atoms in total. The van der Waals surface area contributed by atoms with Gasteiger partial charge in [-0.1, -0.05) is 23.8 Å². The fraction of sp³-hybridized carbons (Fsp3) is 0.433. The molecule has 0 bridgehead atoms. The Labute approximate surface area is 235 Å². The van der Waals surface area contributed by atoms with Crippen LogP contribution in [0.1, 0.15) is 28.8 Å². The van der Waals surface area contributed by atoms with Gasteiger partial charge in [-0.25, -0.2) is 5.01 Å².